The van der Waals surface area contributed by atoms with Crippen molar-refractivity contribution in [2.75, 3.05) is 74.0 Å². The number of nitrogens with two attached hydrogens (primary N) is 1. The summed E-state index contributed by atoms with van der Waals surface area (Å²) in [5.74, 6) is 2.40. The summed E-state index contributed by atoms with van der Waals surface area (Å²) in [4.78, 5) is 46.5. The minimum absolute atomic E-state index is 0.257. The number of aromatic nitrogens is 6. The van der Waals surface area contributed by atoms with Crippen LogP contribution in [-0.2, 0) is 16.0 Å². The van der Waals surface area contributed by atoms with Crippen LogP contribution in [0.2, 0.25) is 0 Å². The maximum Gasteiger partial charge on any atom is 0.274 e. The van der Waals surface area contributed by atoms with E-state index in [9.17, 15) is 9.59 Å². The molecule has 2 fully saturated rings. The first kappa shape index (κ1) is 37.3. The van der Waals surface area contributed by atoms with Gasteiger partial charge in [-0.15, -0.1) is 0 Å². The van der Waals surface area contributed by atoms with Gasteiger partial charge in [0.2, 0.25) is 0 Å². The molecular weight excluding hydrogens is 674 g/mol. The van der Waals surface area contributed by atoms with Crippen molar-refractivity contribution in [2.24, 2.45) is 17.6 Å². The first-order valence-corrected chi connectivity index (χ1v) is 17.9. The van der Waals surface area contributed by atoms with E-state index in [1.54, 1.807) is 32.5 Å². The molecule has 0 atom stereocenters. The number of aromatic amines is 1. The van der Waals surface area contributed by atoms with E-state index < -0.39 is 0 Å². The van der Waals surface area contributed by atoms with Crippen molar-refractivity contribution in [3.8, 4) is 0 Å². The van der Waals surface area contributed by atoms with Gasteiger partial charge in [0.1, 0.15) is 35.7 Å². The molecule has 0 aliphatic heterocycles. The van der Waals surface area contributed by atoms with E-state index in [-0.39, 0.29) is 11.8 Å². The lowest BCUT2D eigenvalue weighted by Gasteiger charge is -2.23. The van der Waals surface area contributed by atoms with Gasteiger partial charge in [0.15, 0.2) is 0 Å². The smallest absolute Gasteiger partial charge is 0.274 e. The number of anilines is 4. The van der Waals surface area contributed by atoms with Crippen LogP contribution in [0, 0.1) is 11.8 Å². The van der Waals surface area contributed by atoms with Gasteiger partial charge in [-0.3, -0.25) is 14.7 Å². The lowest BCUT2D eigenvalue weighted by Crippen LogP contribution is -2.30. The Balaban J connectivity index is 0.000000182. The normalized spacial score (nSPS) is 13.6. The van der Waals surface area contributed by atoms with Crippen molar-refractivity contribution < 1.29 is 19.1 Å². The molecule has 0 radical (unpaired) electrons. The van der Waals surface area contributed by atoms with E-state index in [1.165, 1.54) is 38.3 Å². The molecule has 2 saturated carbocycles. The summed E-state index contributed by atoms with van der Waals surface area (Å²) in [7, 11) is 3.37. The number of benzene rings is 2. The first-order chi connectivity index (χ1) is 25.9. The Bertz CT molecular complexity index is 1950. The van der Waals surface area contributed by atoms with Gasteiger partial charge in [0.05, 0.1) is 24.9 Å². The molecule has 0 unspecified atom stereocenters. The fourth-order valence-corrected chi connectivity index (χ4v) is 5.65. The van der Waals surface area contributed by atoms with Crippen LogP contribution in [-0.4, -0.2) is 95.6 Å². The lowest BCUT2D eigenvalue weighted by molar-refractivity contribution is 0.101. The van der Waals surface area contributed by atoms with Crippen LogP contribution >= 0.6 is 0 Å². The standard InChI is InChI=1S/C19H22N6O2.C19H25N5O2/c1-27-7-6-25(11-13-2-3-13)18-9-17(20-12-21-18)19(26)23-15-4-5-16-14(8-15)10-22-24-16;1-26-9-8-24(12-15-2-3-15)18-10-17(21-13-22-18)19(25)23-16-6-4-14(11-20)5-7-16/h4-5,8-10,12-13H,2-3,6-7,11H2,1H3,(H,22,24)(H,23,26);4-7,10,13,15H,2-3,8-9,11-12,20H2,1H3,(H,23,25). The molecular formula is C38H47N11O4. The predicted molar refractivity (Wildman–Crippen MR) is 204 cm³/mol. The summed E-state index contributed by atoms with van der Waals surface area (Å²) in [5, 5.41) is 13.6. The molecule has 7 rings (SSSR count). The van der Waals surface area contributed by atoms with Gasteiger partial charge in [-0.05, 0) is 73.4 Å². The SMILES string of the molecule is COCCN(CC1CC1)c1cc(C(=O)Nc2ccc(CN)cc2)ncn1.COCCN(CC1CC1)c1cc(C(=O)Nc2ccc3[nH]ncc3c2)ncn1. The van der Waals surface area contributed by atoms with E-state index in [0.29, 0.717) is 54.4 Å². The molecule has 3 heterocycles. The maximum absolute atomic E-state index is 12.6. The Morgan fingerprint density at radius 1 is 0.755 bits per heavy atom. The Kier molecular flexibility index (Phi) is 12.9. The quantitative estimate of drug-likeness (QED) is 0.105. The largest absolute Gasteiger partial charge is 0.383 e. The summed E-state index contributed by atoms with van der Waals surface area (Å²) < 4.78 is 10.4. The van der Waals surface area contributed by atoms with Crippen LogP contribution in [0.1, 0.15) is 52.2 Å². The van der Waals surface area contributed by atoms with Crippen molar-refractivity contribution >= 4 is 45.7 Å². The summed E-state index contributed by atoms with van der Waals surface area (Å²) in [6, 6.07) is 16.5. The molecule has 3 aromatic heterocycles. The third-order valence-electron chi connectivity index (χ3n) is 9.05. The monoisotopic (exact) mass is 721 g/mol. The van der Waals surface area contributed by atoms with Gasteiger partial charge >= 0.3 is 0 Å². The highest BCUT2D eigenvalue weighted by Gasteiger charge is 2.26. The molecule has 0 bridgehead atoms. The third-order valence-corrected chi connectivity index (χ3v) is 9.05. The predicted octanol–water partition coefficient (Wildman–Crippen LogP) is 4.52. The molecule has 53 heavy (non-hydrogen) atoms. The second-order valence-corrected chi connectivity index (χ2v) is 13.3. The molecule has 15 heteroatoms. The number of hydrogen-bond donors (Lipinski definition) is 4. The van der Waals surface area contributed by atoms with Crippen molar-refractivity contribution in [3.63, 3.8) is 0 Å². The average molecular weight is 722 g/mol. The molecule has 0 saturated heterocycles. The topological polar surface area (TPSA) is 189 Å². The minimum atomic E-state index is -0.264. The van der Waals surface area contributed by atoms with Crippen molar-refractivity contribution in [1.29, 1.82) is 0 Å². The highest BCUT2D eigenvalue weighted by atomic mass is 16.5. The number of ether oxygens (including phenoxy) is 2. The summed E-state index contributed by atoms with van der Waals surface area (Å²) in [6.07, 6.45) is 9.60. The van der Waals surface area contributed by atoms with Crippen LogP contribution in [0.25, 0.3) is 10.9 Å². The minimum Gasteiger partial charge on any atom is -0.383 e. The van der Waals surface area contributed by atoms with Crippen LogP contribution < -0.4 is 26.2 Å². The van der Waals surface area contributed by atoms with Crippen LogP contribution in [0.3, 0.4) is 0 Å². The van der Waals surface area contributed by atoms with Crippen molar-refractivity contribution in [1.82, 2.24) is 30.1 Å². The van der Waals surface area contributed by atoms with E-state index in [4.69, 9.17) is 15.2 Å². The molecule has 5 N–H and O–H groups in total. The van der Waals surface area contributed by atoms with Crippen LogP contribution in [0.5, 0.6) is 0 Å². The van der Waals surface area contributed by atoms with Gasteiger partial charge in [0, 0.05) is 75.8 Å². The van der Waals surface area contributed by atoms with Gasteiger partial charge in [-0.2, -0.15) is 5.10 Å². The molecule has 0 spiro atoms. The number of H-pyrrole nitrogens is 1. The molecule has 2 amide bonds. The fraction of sp³-hybridized carbons (Fsp3) is 0.395. The molecule has 2 aliphatic carbocycles. The number of methoxy groups -OCH3 is 2. The van der Waals surface area contributed by atoms with Gasteiger partial charge in [-0.25, -0.2) is 19.9 Å². The summed E-state index contributed by atoms with van der Waals surface area (Å²) >= 11 is 0. The first-order valence-electron chi connectivity index (χ1n) is 17.9. The number of rotatable bonds is 17. The number of hydrogen-bond acceptors (Lipinski definition) is 12. The second kappa shape index (κ2) is 18.3. The summed E-state index contributed by atoms with van der Waals surface area (Å²) in [6.45, 7) is 5.05. The lowest BCUT2D eigenvalue weighted by atomic mass is 10.2. The highest BCUT2D eigenvalue weighted by molar-refractivity contribution is 6.04. The molecule has 278 valence electrons. The highest BCUT2D eigenvalue weighted by Crippen LogP contribution is 2.32. The number of nitrogens with zero attached hydrogens (tertiary/aromatic N) is 7. The molecule has 2 aromatic carbocycles. The van der Waals surface area contributed by atoms with Crippen LogP contribution in [0.15, 0.2) is 73.4 Å². The van der Waals surface area contributed by atoms with Crippen molar-refractivity contribution in [2.45, 2.75) is 32.2 Å². The second-order valence-electron chi connectivity index (χ2n) is 13.3. The number of carbonyl (C=O) groups is 2. The zero-order chi connectivity index (χ0) is 37.0. The molecule has 15 nitrogen and oxygen atoms in total. The van der Waals surface area contributed by atoms with Crippen molar-refractivity contribution in [3.05, 3.63) is 90.4 Å². The fourth-order valence-electron chi connectivity index (χ4n) is 5.65. The zero-order valence-corrected chi connectivity index (χ0v) is 30.2. The number of amides is 2. The third kappa shape index (κ3) is 11.0. The zero-order valence-electron chi connectivity index (χ0n) is 30.2. The maximum atomic E-state index is 12.6. The number of nitrogens with one attached hydrogen (secondary N) is 3. The van der Waals surface area contributed by atoms with E-state index in [1.807, 2.05) is 42.5 Å². The van der Waals surface area contributed by atoms with Gasteiger partial charge in [0.25, 0.3) is 11.8 Å². The van der Waals surface area contributed by atoms with E-state index in [0.717, 1.165) is 54.3 Å². The van der Waals surface area contributed by atoms with E-state index in [2.05, 4.69) is 50.6 Å². The summed E-state index contributed by atoms with van der Waals surface area (Å²) in [5.41, 5.74) is 9.62. The number of fused-ring (bicyclic) bond motifs is 1. The molecule has 5 aromatic rings. The Morgan fingerprint density at radius 3 is 1.79 bits per heavy atom. The van der Waals surface area contributed by atoms with E-state index >= 15 is 0 Å². The Hall–Kier alpha value is -5.51. The molecule has 2 aliphatic rings. The number of carbonyl (C=O) groups excluding carboxylic acids is 2. The Morgan fingerprint density at radius 2 is 1.28 bits per heavy atom. The van der Waals surface area contributed by atoms with Gasteiger partial charge in [-0.1, -0.05) is 12.1 Å². The van der Waals surface area contributed by atoms with Gasteiger partial charge < -0.3 is 35.6 Å². The Labute approximate surface area is 308 Å². The average Bonchev–Trinajstić information content (AvgIpc) is 4.14. The van der Waals surface area contributed by atoms with Crippen LogP contribution in [0.4, 0.5) is 23.0 Å².